The van der Waals surface area contributed by atoms with Crippen molar-refractivity contribution in [3.8, 4) is 0 Å². The van der Waals surface area contributed by atoms with Crippen LogP contribution < -0.4 is 15.1 Å². The van der Waals surface area contributed by atoms with Crippen LogP contribution in [0, 0.1) is 0 Å². The van der Waals surface area contributed by atoms with Crippen LogP contribution >= 0.6 is 0 Å². The van der Waals surface area contributed by atoms with Crippen molar-refractivity contribution in [3.63, 3.8) is 0 Å². The topological polar surface area (TPSA) is 73.5 Å². The van der Waals surface area contributed by atoms with E-state index in [4.69, 9.17) is 9.72 Å². The van der Waals surface area contributed by atoms with Crippen molar-refractivity contribution in [2.75, 3.05) is 41.9 Å². The fraction of sp³-hybridized carbons (Fsp3) is 0.440. The third-order valence-electron chi connectivity index (χ3n) is 6.08. The second-order valence-corrected chi connectivity index (χ2v) is 8.68. The van der Waals surface area contributed by atoms with E-state index in [1.807, 2.05) is 24.4 Å². The zero-order valence-corrected chi connectivity index (χ0v) is 19.1. The van der Waals surface area contributed by atoms with Gasteiger partial charge < -0.3 is 29.6 Å². The van der Waals surface area contributed by atoms with Gasteiger partial charge in [-0.05, 0) is 51.0 Å². The highest BCUT2D eigenvalue weighted by Gasteiger charge is 2.33. The highest BCUT2D eigenvalue weighted by Crippen LogP contribution is 2.33. The van der Waals surface area contributed by atoms with Crippen LogP contribution in [0.5, 0.6) is 0 Å². The van der Waals surface area contributed by atoms with Gasteiger partial charge in [-0.1, -0.05) is 18.2 Å². The monoisotopic (exact) mass is 435 g/mol. The predicted molar refractivity (Wildman–Crippen MR) is 131 cm³/mol. The number of H-pyrrole nitrogens is 1. The lowest BCUT2D eigenvalue weighted by Crippen LogP contribution is -2.52. The normalized spacial score (nSPS) is 18.8. The maximum absolute atomic E-state index is 12.2. The van der Waals surface area contributed by atoms with Gasteiger partial charge in [-0.3, -0.25) is 0 Å². The second kappa shape index (κ2) is 10.0. The van der Waals surface area contributed by atoms with Crippen LogP contribution in [0.15, 0.2) is 48.7 Å². The van der Waals surface area contributed by atoms with Crippen molar-refractivity contribution in [2.24, 2.45) is 0 Å². The Bertz CT molecular complexity index is 1000. The van der Waals surface area contributed by atoms with Crippen LogP contribution in [0.1, 0.15) is 26.7 Å². The minimum Gasteiger partial charge on any atom is -0.383 e. The zero-order chi connectivity index (χ0) is 22.5. The van der Waals surface area contributed by atoms with Crippen LogP contribution in [-0.2, 0) is 9.53 Å². The third kappa shape index (κ3) is 4.72. The number of ether oxygens (including phenoxy) is 1. The number of rotatable bonds is 9. The maximum atomic E-state index is 12.2. The molecule has 1 aliphatic rings. The van der Waals surface area contributed by atoms with Gasteiger partial charge in [-0.2, -0.15) is 0 Å². The number of nitrogens with zero attached hydrogens (tertiary/aromatic N) is 3. The molecule has 2 aromatic heterocycles. The number of aromatic nitrogens is 2. The van der Waals surface area contributed by atoms with E-state index in [2.05, 4.69) is 58.2 Å². The van der Waals surface area contributed by atoms with E-state index in [0.717, 1.165) is 60.4 Å². The van der Waals surface area contributed by atoms with Gasteiger partial charge in [0.2, 0.25) is 0 Å². The molecule has 2 unspecified atom stereocenters. The molecule has 170 valence electrons. The number of hydrogen-bond donors (Lipinski definition) is 2. The molecule has 0 bridgehead atoms. The molecule has 2 N–H and O–H groups in total. The number of benzene rings is 1. The Labute approximate surface area is 189 Å². The van der Waals surface area contributed by atoms with Crippen LogP contribution in [0.4, 0.5) is 17.3 Å². The van der Waals surface area contributed by atoms with Crippen LogP contribution in [-0.4, -0.2) is 61.2 Å². The SMILES string of the molecule is COCCN(c1ncccc1NC(C)C)C1CCN(c2cc3ccccc3[nH]2)C(C=O)C1. The molecule has 1 aromatic carbocycles. The molecule has 7 heteroatoms. The number of anilines is 3. The van der Waals surface area contributed by atoms with Gasteiger partial charge >= 0.3 is 0 Å². The number of aldehydes is 1. The average Bonchev–Trinajstić information content (AvgIpc) is 3.24. The first-order chi connectivity index (χ1) is 15.6. The number of carbonyl (C=O) groups excluding carboxylic acids is 1. The molecule has 4 rings (SSSR count). The minimum atomic E-state index is -0.197. The molecule has 0 amide bonds. The van der Waals surface area contributed by atoms with Crippen LogP contribution in [0.2, 0.25) is 0 Å². The van der Waals surface area contributed by atoms with Gasteiger partial charge in [0.15, 0.2) is 5.82 Å². The Morgan fingerprint density at radius 2 is 2.16 bits per heavy atom. The van der Waals surface area contributed by atoms with E-state index in [1.165, 1.54) is 0 Å². The number of aromatic amines is 1. The molecule has 0 saturated carbocycles. The van der Waals surface area contributed by atoms with Crippen molar-refractivity contribution < 1.29 is 9.53 Å². The van der Waals surface area contributed by atoms with Gasteiger partial charge in [0.05, 0.1) is 18.3 Å². The molecular formula is C25H33N5O2. The minimum absolute atomic E-state index is 0.197. The number of piperidine rings is 1. The van der Waals surface area contributed by atoms with E-state index in [9.17, 15) is 4.79 Å². The zero-order valence-electron chi connectivity index (χ0n) is 19.1. The van der Waals surface area contributed by atoms with Gasteiger partial charge in [0.1, 0.15) is 12.1 Å². The first-order valence-electron chi connectivity index (χ1n) is 11.4. The van der Waals surface area contributed by atoms with Gasteiger partial charge in [0, 0.05) is 49.4 Å². The average molecular weight is 436 g/mol. The summed E-state index contributed by atoms with van der Waals surface area (Å²) in [4.78, 5) is 24.9. The molecular weight excluding hydrogens is 402 g/mol. The molecule has 3 aromatic rings. The predicted octanol–water partition coefficient (Wildman–Crippen LogP) is 4.07. The van der Waals surface area contributed by atoms with Gasteiger partial charge in [-0.15, -0.1) is 0 Å². The Balaban J connectivity index is 1.58. The highest BCUT2D eigenvalue weighted by atomic mass is 16.5. The molecule has 1 saturated heterocycles. The summed E-state index contributed by atoms with van der Waals surface area (Å²) < 4.78 is 5.41. The Morgan fingerprint density at radius 3 is 2.91 bits per heavy atom. The van der Waals surface area contributed by atoms with Crippen molar-refractivity contribution >= 4 is 34.5 Å². The summed E-state index contributed by atoms with van der Waals surface area (Å²) in [5, 5.41) is 4.68. The standard InChI is InChI=1S/C25H33N5O2/c1-18(2)27-23-9-6-11-26-25(23)30(13-14-32-3)20-10-12-29(21(16-20)17-31)24-15-19-7-4-5-8-22(19)28-24/h4-9,11,15,17-18,20-21,27-28H,10,12-14,16H2,1-3H3. The number of para-hydroxylation sites is 1. The number of pyridine rings is 1. The summed E-state index contributed by atoms with van der Waals surface area (Å²) in [7, 11) is 1.72. The summed E-state index contributed by atoms with van der Waals surface area (Å²) in [5.41, 5.74) is 2.10. The lowest BCUT2D eigenvalue weighted by Gasteiger charge is -2.43. The summed E-state index contributed by atoms with van der Waals surface area (Å²) in [5.74, 6) is 1.93. The van der Waals surface area contributed by atoms with E-state index < -0.39 is 0 Å². The molecule has 0 radical (unpaired) electrons. The smallest absolute Gasteiger partial charge is 0.152 e. The van der Waals surface area contributed by atoms with Crippen LogP contribution in [0.3, 0.4) is 0 Å². The number of methoxy groups -OCH3 is 1. The maximum Gasteiger partial charge on any atom is 0.152 e. The van der Waals surface area contributed by atoms with Crippen molar-refractivity contribution in [2.45, 2.75) is 44.8 Å². The molecule has 3 heterocycles. The molecule has 32 heavy (non-hydrogen) atoms. The number of carbonyl (C=O) groups is 1. The van der Waals surface area contributed by atoms with E-state index >= 15 is 0 Å². The van der Waals surface area contributed by atoms with E-state index in [0.29, 0.717) is 12.6 Å². The van der Waals surface area contributed by atoms with Crippen molar-refractivity contribution in [1.29, 1.82) is 0 Å². The third-order valence-corrected chi connectivity index (χ3v) is 6.08. The lowest BCUT2D eigenvalue weighted by atomic mass is 9.96. The fourth-order valence-corrected chi connectivity index (χ4v) is 4.60. The summed E-state index contributed by atoms with van der Waals surface area (Å²) >= 11 is 0. The van der Waals surface area contributed by atoms with Crippen molar-refractivity contribution in [3.05, 3.63) is 48.7 Å². The second-order valence-electron chi connectivity index (χ2n) is 8.68. The summed E-state index contributed by atoms with van der Waals surface area (Å²) in [6.45, 7) is 6.37. The first kappa shape index (κ1) is 22.1. The summed E-state index contributed by atoms with van der Waals surface area (Å²) in [6.07, 6.45) is 4.58. The summed E-state index contributed by atoms with van der Waals surface area (Å²) in [6, 6.07) is 14.7. The largest absolute Gasteiger partial charge is 0.383 e. The van der Waals surface area contributed by atoms with Crippen LogP contribution in [0.25, 0.3) is 10.9 Å². The fourth-order valence-electron chi connectivity index (χ4n) is 4.60. The Morgan fingerprint density at radius 1 is 1.31 bits per heavy atom. The highest BCUT2D eigenvalue weighted by molar-refractivity contribution is 5.85. The van der Waals surface area contributed by atoms with E-state index in [-0.39, 0.29) is 12.1 Å². The number of fused-ring (bicyclic) bond motifs is 1. The number of hydrogen-bond acceptors (Lipinski definition) is 6. The molecule has 1 fully saturated rings. The molecule has 0 spiro atoms. The molecule has 2 atom stereocenters. The quantitative estimate of drug-likeness (QED) is 0.494. The molecule has 1 aliphatic heterocycles. The first-order valence-corrected chi connectivity index (χ1v) is 11.4. The van der Waals surface area contributed by atoms with Crippen molar-refractivity contribution in [1.82, 2.24) is 9.97 Å². The Hall–Kier alpha value is -3.06. The lowest BCUT2D eigenvalue weighted by molar-refractivity contribution is -0.109. The van der Waals surface area contributed by atoms with E-state index in [1.54, 1.807) is 7.11 Å². The van der Waals surface area contributed by atoms with Gasteiger partial charge in [0.25, 0.3) is 0 Å². The number of nitrogens with one attached hydrogen (secondary N) is 2. The Kier molecular flexibility index (Phi) is 6.95. The molecule has 7 nitrogen and oxygen atoms in total. The molecule has 0 aliphatic carbocycles. The van der Waals surface area contributed by atoms with Gasteiger partial charge in [-0.25, -0.2) is 4.98 Å².